The molecule has 168 valence electrons. The van der Waals surface area contributed by atoms with Gasteiger partial charge in [0.25, 0.3) is 0 Å². The molecule has 0 bridgehead atoms. The van der Waals surface area contributed by atoms with Crippen LogP contribution in [0.3, 0.4) is 0 Å². The summed E-state index contributed by atoms with van der Waals surface area (Å²) >= 11 is 0. The van der Waals surface area contributed by atoms with Crippen LogP contribution in [0.2, 0.25) is 0 Å². The average molecular weight is 447 g/mol. The van der Waals surface area contributed by atoms with Crippen molar-refractivity contribution in [1.29, 1.82) is 0 Å². The second-order valence-electron chi connectivity index (χ2n) is 7.00. The molecule has 0 heterocycles. The number of rotatable bonds is 12. The molecule has 4 N–H and O–H groups in total. The topological polar surface area (TPSA) is 116 Å². The highest BCUT2D eigenvalue weighted by molar-refractivity contribution is 7.91. The zero-order chi connectivity index (χ0) is 22.7. The molecule has 2 aromatic carbocycles. The fourth-order valence-electron chi connectivity index (χ4n) is 2.74. The summed E-state index contributed by atoms with van der Waals surface area (Å²) in [5, 5.41) is 11.4. The fourth-order valence-corrected chi connectivity index (χ4v) is 4.00. The number of sulfone groups is 1. The van der Waals surface area contributed by atoms with E-state index in [1.54, 1.807) is 24.3 Å². The van der Waals surface area contributed by atoms with E-state index in [0.717, 1.165) is 25.9 Å². The van der Waals surface area contributed by atoms with Gasteiger partial charge in [0.2, 0.25) is 21.7 Å². The predicted octanol–water partition coefficient (Wildman–Crippen LogP) is 2.40. The maximum atomic E-state index is 12.9. The molecule has 0 aliphatic rings. The van der Waals surface area contributed by atoms with Crippen LogP contribution in [-0.2, 0) is 19.4 Å². The largest absolute Gasteiger partial charge is 0.325 e. The van der Waals surface area contributed by atoms with E-state index >= 15 is 0 Å². The standard InChI is InChI=1S/C22H30N4O4S/c1-3-13-23-15-21(27)25-17-5-9-19(10-6-17)31(29,30)20-11-7-18(8-12-20)26-22(28)16-24-14-4-2/h5-12,23-24H,3-4,13-16H2,1-2H3,(H,25,27)(H,26,28). The van der Waals surface area contributed by atoms with Gasteiger partial charge >= 0.3 is 0 Å². The van der Waals surface area contributed by atoms with Crippen molar-refractivity contribution in [3.05, 3.63) is 48.5 Å². The van der Waals surface area contributed by atoms with Gasteiger partial charge < -0.3 is 21.3 Å². The summed E-state index contributed by atoms with van der Waals surface area (Å²) in [6, 6.07) is 12.1. The number of hydrogen-bond donors (Lipinski definition) is 4. The number of carbonyl (C=O) groups is 2. The molecular formula is C22H30N4O4S. The van der Waals surface area contributed by atoms with E-state index in [4.69, 9.17) is 0 Å². The Kier molecular flexibility index (Phi) is 9.64. The Bertz CT molecular complexity index is 885. The number of hydrogen-bond acceptors (Lipinski definition) is 6. The lowest BCUT2D eigenvalue weighted by Gasteiger charge is -2.09. The summed E-state index contributed by atoms with van der Waals surface area (Å²) in [4.78, 5) is 23.9. The molecule has 2 aromatic rings. The van der Waals surface area contributed by atoms with Crippen LogP contribution in [0.4, 0.5) is 11.4 Å². The summed E-state index contributed by atoms with van der Waals surface area (Å²) in [6.07, 6.45) is 1.87. The molecule has 0 radical (unpaired) electrons. The number of anilines is 2. The van der Waals surface area contributed by atoms with E-state index in [1.807, 2.05) is 13.8 Å². The summed E-state index contributed by atoms with van der Waals surface area (Å²) in [6.45, 7) is 5.93. The number of amides is 2. The highest BCUT2D eigenvalue weighted by atomic mass is 32.2. The molecule has 0 aromatic heterocycles. The minimum Gasteiger partial charge on any atom is -0.325 e. The zero-order valence-electron chi connectivity index (χ0n) is 17.9. The SMILES string of the molecule is CCCNCC(=O)Nc1ccc(S(=O)(=O)c2ccc(NC(=O)CNCCC)cc2)cc1. The van der Waals surface area contributed by atoms with E-state index in [1.165, 1.54) is 24.3 Å². The molecular weight excluding hydrogens is 416 g/mol. The highest BCUT2D eigenvalue weighted by Crippen LogP contribution is 2.23. The van der Waals surface area contributed by atoms with Crippen molar-refractivity contribution >= 4 is 33.0 Å². The van der Waals surface area contributed by atoms with Gasteiger partial charge in [0.05, 0.1) is 22.9 Å². The first-order valence-electron chi connectivity index (χ1n) is 10.3. The minimum atomic E-state index is -3.71. The van der Waals surface area contributed by atoms with Crippen molar-refractivity contribution in [1.82, 2.24) is 10.6 Å². The highest BCUT2D eigenvalue weighted by Gasteiger charge is 2.18. The molecule has 8 nitrogen and oxygen atoms in total. The van der Waals surface area contributed by atoms with Gasteiger partial charge in [-0.2, -0.15) is 0 Å². The van der Waals surface area contributed by atoms with Gasteiger partial charge in [-0.3, -0.25) is 9.59 Å². The van der Waals surface area contributed by atoms with Crippen LogP contribution in [0.25, 0.3) is 0 Å². The normalized spacial score (nSPS) is 11.2. The summed E-state index contributed by atoms with van der Waals surface area (Å²) in [5.74, 6) is -0.377. The van der Waals surface area contributed by atoms with E-state index in [-0.39, 0.29) is 34.7 Å². The fraction of sp³-hybridized carbons (Fsp3) is 0.364. The maximum absolute atomic E-state index is 12.9. The first-order valence-corrected chi connectivity index (χ1v) is 11.8. The number of carbonyl (C=O) groups excluding carboxylic acids is 2. The summed E-state index contributed by atoms with van der Waals surface area (Å²) < 4.78 is 25.7. The van der Waals surface area contributed by atoms with Gasteiger partial charge in [-0.05, 0) is 74.5 Å². The van der Waals surface area contributed by atoms with Gasteiger partial charge in [-0.25, -0.2) is 8.42 Å². The number of benzene rings is 2. The lowest BCUT2D eigenvalue weighted by atomic mass is 10.3. The van der Waals surface area contributed by atoms with Crippen molar-refractivity contribution in [3.8, 4) is 0 Å². The van der Waals surface area contributed by atoms with Gasteiger partial charge in [0.15, 0.2) is 0 Å². The predicted molar refractivity (Wildman–Crippen MR) is 122 cm³/mol. The molecule has 0 spiro atoms. The van der Waals surface area contributed by atoms with E-state index < -0.39 is 9.84 Å². The molecule has 0 atom stereocenters. The van der Waals surface area contributed by atoms with Crippen LogP contribution in [-0.4, -0.2) is 46.4 Å². The van der Waals surface area contributed by atoms with Crippen molar-refractivity contribution in [2.24, 2.45) is 0 Å². The quantitative estimate of drug-likeness (QED) is 0.372. The van der Waals surface area contributed by atoms with Gasteiger partial charge in [-0.1, -0.05) is 13.8 Å². The van der Waals surface area contributed by atoms with E-state index in [2.05, 4.69) is 21.3 Å². The van der Waals surface area contributed by atoms with Gasteiger partial charge in [0, 0.05) is 11.4 Å². The Hall–Kier alpha value is -2.75. The van der Waals surface area contributed by atoms with Crippen molar-refractivity contribution in [2.75, 3.05) is 36.8 Å². The molecule has 0 unspecified atom stereocenters. The van der Waals surface area contributed by atoms with Crippen LogP contribution >= 0.6 is 0 Å². The summed E-state index contributed by atoms with van der Waals surface area (Å²) in [5.41, 5.74) is 1.05. The molecule has 2 amide bonds. The first-order chi connectivity index (χ1) is 14.9. The third-order valence-electron chi connectivity index (χ3n) is 4.32. The lowest BCUT2D eigenvalue weighted by molar-refractivity contribution is -0.116. The second-order valence-corrected chi connectivity index (χ2v) is 8.95. The van der Waals surface area contributed by atoms with Crippen LogP contribution in [0.1, 0.15) is 26.7 Å². The third kappa shape index (κ3) is 7.78. The van der Waals surface area contributed by atoms with Gasteiger partial charge in [0.1, 0.15) is 0 Å². The molecule has 0 saturated heterocycles. The van der Waals surface area contributed by atoms with Crippen molar-refractivity contribution in [3.63, 3.8) is 0 Å². The monoisotopic (exact) mass is 446 g/mol. The Balaban J connectivity index is 1.99. The molecule has 0 saturated carbocycles. The third-order valence-corrected chi connectivity index (χ3v) is 6.11. The Morgan fingerprint density at radius 3 is 1.35 bits per heavy atom. The smallest absolute Gasteiger partial charge is 0.238 e. The Morgan fingerprint density at radius 1 is 0.677 bits per heavy atom. The van der Waals surface area contributed by atoms with Crippen molar-refractivity contribution < 1.29 is 18.0 Å². The average Bonchev–Trinajstić information content (AvgIpc) is 2.75. The van der Waals surface area contributed by atoms with Crippen LogP contribution in [0, 0.1) is 0 Å². The van der Waals surface area contributed by atoms with Crippen LogP contribution < -0.4 is 21.3 Å². The molecule has 0 aliphatic carbocycles. The van der Waals surface area contributed by atoms with Crippen LogP contribution in [0.5, 0.6) is 0 Å². The van der Waals surface area contributed by atoms with Gasteiger partial charge in [-0.15, -0.1) is 0 Å². The van der Waals surface area contributed by atoms with Crippen LogP contribution in [0.15, 0.2) is 58.3 Å². The molecule has 2 rings (SSSR count). The maximum Gasteiger partial charge on any atom is 0.238 e. The molecule has 0 aliphatic heterocycles. The zero-order valence-corrected chi connectivity index (χ0v) is 18.7. The number of nitrogens with one attached hydrogen (secondary N) is 4. The Labute approximate surface area is 183 Å². The van der Waals surface area contributed by atoms with E-state index in [0.29, 0.717) is 11.4 Å². The molecule has 0 fully saturated rings. The summed E-state index contributed by atoms with van der Waals surface area (Å²) in [7, 11) is -3.71. The van der Waals surface area contributed by atoms with Crippen molar-refractivity contribution in [2.45, 2.75) is 36.5 Å². The minimum absolute atomic E-state index is 0.121. The first kappa shape index (κ1) is 24.5. The second kappa shape index (κ2) is 12.2. The molecule has 9 heteroatoms. The molecule has 31 heavy (non-hydrogen) atoms. The van der Waals surface area contributed by atoms with E-state index in [9.17, 15) is 18.0 Å². The lowest BCUT2D eigenvalue weighted by Crippen LogP contribution is -2.28. The Morgan fingerprint density at radius 2 is 1.03 bits per heavy atom.